The maximum absolute atomic E-state index is 13.6. The maximum Gasteiger partial charge on any atom is 0.194 e. The Morgan fingerprint density at radius 1 is 1.19 bits per heavy atom. The smallest absolute Gasteiger partial charge is 0.194 e. The molecule has 0 fully saturated rings. The third-order valence-corrected chi connectivity index (χ3v) is 2.93. The van der Waals surface area contributed by atoms with Crippen LogP contribution in [0.1, 0.15) is 26.2 Å². The Balaban J connectivity index is 2.06. The minimum atomic E-state index is -1.00. The van der Waals surface area contributed by atoms with Crippen LogP contribution in [0.2, 0.25) is 0 Å². The predicted molar refractivity (Wildman–Crippen MR) is 73.3 cm³/mol. The van der Waals surface area contributed by atoms with Crippen molar-refractivity contribution in [3.05, 3.63) is 41.7 Å². The Labute approximate surface area is 121 Å². The van der Waals surface area contributed by atoms with Crippen LogP contribution in [-0.4, -0.2) is 17.6 Å². The van der Waals surface area contributed by atoms with Crippen molar-refractivity contribution in [1.82, 2.24) is 10.3 Å². The van der Waals surface area contributed by atoms with Crippen molar-refractivity contribution in [3.63, 3.8) is 0 Å². The fourth-order valence-corrected chi connectivity index (χ4v) is 1.95. The average Bonchev–Trinajstić information content (AvgIpc) is 2.81. The van der Waals surface area contributed by atoms with Gasteiger partial charge >= 0.3 is 0 Å². The number of oxazole rings is 1. The van der Waals surface area contributed by atoms with E-state index < -0.39 is 23.0 Å². The van der Waals surface area contributed by atoms with Crippen molar-refractivity contribution in [2.75, 3.05) is 6.54 Å². The zero-order valence-corrected chi connectivity index (χ0v) is 11.9. The summed E-state index contributed by atoms with van der Waals surface area (Å²) in [5.74, 6) is -2.60. The Bertz CT molecular complexity index is 588. The molecule has 0 bridgehead atoms. The van der Waals surface area contributed by atoms with E-state index in [4.69, 9.17) is 4.42 Å². The minimum absolute atomic E-state index is 0.0307. The number of aromatic nitrogens is 1. The van der Waals surface area contributed by atoms with Gasteiger partial charge < -0.3 is 9.73 Å². The SMILES string of the molecule is CC(C)NCCCc1ncc(-c2c(F)cc(F)cc2F)o1. The van der Waals surface area contributed by atoms with Crippen LogP contribution in [0.5, 0.6) is 0 Å². The molecule has 0 aliphatic rings. The first-order chi connectivity index (χ1) is 9.97. The van der Waals surface area contributed by atoms with E-state index in [-0.39, 0.29) is 5.76 Å². The summed E-state index contributed by atoms with van der Waals surface area (Å²) in [6.07, 6.45) is 2.61. The molecule has 114 valence electrons. The number of hydrogen-bond donors (Lipinski definition) is 1. The summed E-state index contributed by atoms with van der Waals surface area (Å²) in [7, 11) is 0. The Morgan fingerprint density at radius 2 is 1.86 bits per heavy atom. The summed E-state index contributed by atoms with van der Waals surface area (Å²) < 4.78 is 45.5. The molecule has 1 heterocycles. The average molecular weight is 298 g/mol. The van der Waals surface area contributed by atoms with E-state index >= 15 is 0 Å². The zero-order chi connectivity index (χ0) is 15.4. The Morgan fingerprint density at radius 3 is 2.48 bits per heavy atom. The maximum atomic E-state index is 13.6. The van der Waals surface area contributed by atoms with Gasteiger partial charge in [-0.1, -0.05) is 13.8 Å². The minimum Gasteiger partial charge on any atom is -0.441 e. The van der Waals surface area contributed by atoms with E-state index in [9.17, 15) is 13.2 Å². The number of halogens is 3. The van der Waals surface area contributed by atoms with Crippen LogP contribution in [0.3, 0.4) is 0 Å². The predicted octanol–water partition coefficient (Wildman–Crippen LogP) is 3.69. The van der Waals surface area contributed by atoms with Gasteiger partial charge in [0, 0.05) is 24.6 Å². The molecule has 0 saturated carbocycles. The molecule has 21 heavy (non-hydrogen) atoms. The van der Waals surface area contributed by atoms with E-state index in [0.717, 1.165) is 13.0 Å². The van der Waals surface area contributed by atoms with Crippen molar-refractivity contribution in [1.29, 1.82) is 0 Å². The lowest BCUT2D eigenvalue weighted by atomic mass is 10.1. The first-order valence-electron chi connectivity index (χ1n) is 6.80. The molecule has 2 rings (SSSR count). The van der Waals surface area contributed by atoms with Gasteiger partial charge in [-0.25, -0.2) is 18.2 Å². The zero-order valence-electron chi connectivity index (χ0n) is 11.9. The molecule has 2 aromatic rings. The summed E-state index contributed by atoms with van der Waals surface area (Å²) in [4.78, 5) is 3.99. The lowest BCUT2D eigenvalue weighted by molar-refractivity contribution is 0.476. The summed E-state index contributed by atoms with van der Waals surface area (Å²) in [6.45, 7) is 4.89. The second kappa shape index (κ2) is 6.76. The molecule has 0 spiro atoms. The molecule has 1 aromatic heterocycles. The molecule has 0 unspecified atom stereocenters. The highest BCUT2D eigenvalue weighted by atomic mass is 19.1. The molecule has 6 heteroatoms. The van der Waals surface area contributed by atoms with Crippen LogP contribution in [0.15, 0.2) is 22.7 Å². The van der Waals surface area contributed by atoms with Crippen LogP contribution >= 0.6 is 0 Å². The second-order valence-corrected chi connectivity index (χ2v) is 5.08. The van der Waals surface area contributed by atoms with Crippen molar-refractivity contribution >= 4 is 0 Å². The quantitative estimate of drug-likeness (QED) is 0.827. The lowest BCUT2D eigenvalue weighted by Gasteiger charge is -2.06. The fourth-order valence-electron chi connectivity index (χ4n) is 1.95. The summed E-state index contributed by atoms with van der Waals surface area (Å²) in [6, 6.07) is 1.63. The van der Waals surface area contributed by atoms with Crippen LogP contribution in [0.25, 0.3) is 11.3 Å². The van der Waals surface area contributed by atoms with Gasteiger partial charge in [-0.15, -0.1) is 0 Å². The number of aryl methyl sites for hydroxylation is 1. The first kappa shape index (κ1) is 15.6. The Kier molecular flexibility index (Phi) is 5.01. The number of nitrogens with one attached hydrogen (secondary N) is 1. The van der Waals surface area contributed by atoms with Crippen LogP contribution < -0.4 is 5.32 Å². The van der Waals surface area contributed by atoms with E-state index in [1.165, 1.54) is 6.20 Å². The van der Waals surface area contributed by atoms with Gasteiger partial charge in [-0.2, -0.15) is 0 Å². The molecule has 0 amide bonds. The van der Waals surface area contributed by atoms with Gasteiger partial charge in [0.05, 0.1) is 11.8 Å². The third-order valence-electron chi connectivity index (χ3n) is 2.93. The molecule has 3 nitrogen and oxygen atoms in total. The highest BCUT2D eigenvalue weighted by Gasteiger charge is 2.17. The summed E-state index contributed by atoms with van der Waals surface area (Å²) in [5.41, 5.74) is -0.393. The molecular weight excluding hydrogens is 281 g/mol. The Hall–Kier alpha value is -1.82. The monoisotopic (exact) mass is 298 g/mol. The molecule has 0 atom stereocenters. The number of benzene rings is 1. The molecule has 0 radical (unpaired) electrons. The van der Waals surface area contributed by atoms with Gasteiger partial charge in [-0.05, 0) is 13.0 Å². The first-order valence-corrected chi connectivity index (χ1v) is 6.80. The highest BCUT2D eigenvalue weighted by Crippen LogP contribution is 2.27. The van der Waals surface area contributed by atoms with Gasteiger partial charge in [0.1, 0.15) is 17.5 Å². The highest BCUT2D eigenvalue weighted by molar-refractivity contribution is 5.58. The van der Waals surface area contributed by atoms with E-state index in [2.05, 4.69) is 10.3 Å². The third kappa shape index (κ3) is 4.07. The van der Waals surface area contributed by atoms with E-state index in [1.807, 2.05) is 13.8 Å². The summed E-state index contributed by atoms with van der Waals surface area (Å²) in [5, 5.41) is 3.25. The van der Waals surface area contributed by atoms with Crippen LogP contribution in [0.4, 0.5) is 13.2 Å². The largest absolute Gasteiger partial charge is 0.441 e. The van der Waals surface area contributed by atoms with Gasteiger partial charge in [0.2, 0.25) is 0 Å². The van der Waals surface area contributed by atoms with Crippen molar-refractivity contribution in [2.24, 2.45) is 0 Å². The van der Waals surface area contributed by atoms with Crippen molar-refractivity contribution in [2.45, 2.75) is 32.7 Å². The van der Waals surface area contributed by atoms with Gasteiger partial charge in [0.25, 0.3) is 0 Å². The van der Waals surface area contributed by atoms with Crippen molar-refractivity contribution in [3.8, 4) is 11.3 Å². The molecule has 1 aromatic carbocycles. The van der Waals surface area contributed by atoms with Crippen molar-refractivity contribution < 1.29 is 17.6 Å². The molecule has 0 aliphatic heterocycles. The molecule has 0 saturated heterocycles. The summed E-state index contributed by atoms with van der Waals surface area (Å²) >= 11 is 0. The number of rotatable bonds is 6. The number of nitrogens with zero attached hydrogens (tertiary/aromatic N) is 1. The topological polar surface area (TPSA) is 38.1 Å². The van der Waals surface area contributed by atoms with E-state index in [1.54, 1.807) is 0 Å². The molecule has 1 N–H and O–H groups in total. The standard InChI is InChI=1S/C15H17F3N2O/c1-9(2)19-5-3-4-14-20-8-13(21-14)15-11(17)6-10(16)7-12(15)18/h6-9,19H,3-5H2,1-2H3. The lowest BCUT2D eigenvalue weighted by Crippen LogP contribution is -2.23. The normalized spacial score (nSPS) is 11.3. The van der Waals surface area contributed by atoms with E-state index in [0.29, 0.717) is 30.5 Å². The fraction of sp³-hybridized carbons (Fsp3) is 0.400. The van der Waals surface area contributed by atoms with Crippen LogP contribution in [-0.2, 0) is 6.42 Å². The molecule has 0 aliphatic carbocycles. The van der Waals surface area contributed by atoms with Crippen LogP contribution in [0, 0.1) is 17.5 Å². The number of hydrogen-bond acceptors (Lipinski definition) is 3. The molecular formula is C15H17F3N2O. The second-order valence-electron chi connectivity index (χ2n) is 5.08. The van der Waals surface area contributed by atoms with Gasteiger partial charge in [0.15, 0.2) is 11.7 Å². The van der Waals surface area contributed by atoms with Gasteiger partial charge in [-0.3, -0.25) is 0 Å².